The van der Waals surface area contributed by atoms with Gasteiger partial charge in [-0.3, -0.25) is 4.57 Å². The standard InChI is InChI=1S/C18H11N3/c1-19-13-6-4-7-14(12-13)21-17-10-3-2-8-15(17)16-9-5-11-20-18(16)21/h2-12H. The fourth-order valence-corrected chi connectivity index (χ4v) is 2.76. The van der Waals surface area contributed by atoms with Crippen molar-refractivity contribution in [3.63, 3.8) is 0 Å². The van der Waals surface area contributed by atoms with Gasteiger partial charge in [0.05, 0.1) is 12.1 Å². The first-order chi connectivity index (χ1) is 10.4. The van der Waals surface area contributed by atoms with E-state index in [0.29, 0.717) is 5.69 Å². The Bertz CT molecular complexity index is 953. The topological polar surface area (TPSA) is 22.2 Å². The normalized spacial score (nSPS) is 10.8. The number of para-hydroxylation sites is 1. The van der Waals surface area contributed by atoms with Crippen molar-refractivity contribution in [1.29, 1.82) is 0 Å². The SMILES string of the molecule is [C-]#[N+]c1cccc(-n2c3ccccc3c3cccnc32)c1. The summed E-state index contributed by atoms with van der Waals surface area (Å²) < 4.78 is 2.11. The Hall–Kier alpha value is -3.12. The Balaban J connectivity index is 2.17. The zero-order valence-corrected chi connectivity index (χ0v) is 11.2. The second kappa shape index (κ2) is 4.46. The van der Waals surface area contributed by atoms with Gasteiger partial charge in [0.15, 0.2) is 5.69 Å². The smallest absolute Gasteiger partial charge is 0.189 e. The minimum atomic E-state index is 0.634. The molecule has 0 saturated heterocycles. The van der Waals surface area contributed by atoms with Crippen molar-refractivity contribution in [1.82, 2.24) is 9.55 Å². The summed E-state index contributed by atoms with van der Waals surface area (Å²) in [4.78, 5) is 8.05. The van der Waals surface area contributed by atoms with E-state index in [2.05, 4.69) is 32.6 Å². The van der Waals surface area contributed by atoms with E-state index in [9.17, 15) is 0 Å². The number of pyridine rings is 1. The van der Waals surface area contributed by atoms with E-state index in [1.807, 2.05) is 42.5 Å². The summed E-state index contributed by atoms with van der Waals surface area (Å²) in [7, 11) is 0. The van der Waals surface area contributed by atoms with Crippen LogP contribution in [0.15, 0.2) is 66.9 Å². The number of rotatable bonds is 1. The molecule has 4 aromatic rings. The highest BCUT2D eigenvalue weighted by atomic mass is 15.0. The Morgan fingerprint density at radius 3 is 2.67 bits per heavy atom. The van der Waals surface area contributed by atoms with E-state index in [1.54, 1.807) is 6.20 Å². The van der Waals surface area contributed by atoms with E-state index in [-0.39, 0.29) is 0 Å². The Labute approximate surface area is 121 Å². The average Bonchev–Trinajstić information content (AvgIpc) is 2.89. The van der Waals surface area contributed by atoms with Gasteiger partial charge in [-0.15, -0.1) is 0 Å². The second-order valence-electron chi connectivity index (χ2n) is 4.86. The fourth-order valence-electron chi connectivity index (χ4n) is 2.76. The summed E-state index contributed by atoms with van der Waals surface area (Å²) in [5.41, 5.74) is 3.62. The molecule has 0 spiro atoms. The predicted octanol–water partition coefficient (Wildman–Crippen LogP) is 4.73. The van der Waals surface area contributed by atoms with Crippen LogP contribution >= 0.6 is 0 Å². The van der Waals surface area contributed by atoms with Crippen LogP contribution in [0.1, 0.15) is 0 Å². The van der Waals surface area contributed by atoms with Crippen molar-refractivity contribution in [2.45, 2.75) is 0 Å². The molecule has 2 aromatic carbocycles. The molecular weight excluding hydrogens is 258 g/mol. The van der Waals surface area contributed by atoms with Gasteiger partial charge in [-0.25, -0.2) is 9.83 Å². The first-order valence-corrected chi connectivity index (χ1v) is 6.70. The molecule has 4 rings (SSSR count). The van der Waals surface area contributed by atoms with Crippen molar-refractivity contribution in [3.8, 4) is 5.69 Å². The summed E-state index contributed by atoms with van der Waals surface area (Å²) in [6, 6.07) is 19.9. The molecule has 0 unspecified atom stereocenters. The average molecular weight is 269 g/mol. The minimum absolute atomic E-state index is 0.634. The first kappa shape index (κ1) is 11.7. The monoisotopic (exact) mass is 269 g/mol. The van der Waals surface area contributed by atoms with Gasteiger partial charge in [-0.1, -0.05) is 30.3 Å². The number of hydrogen-bond donors (Lipinski definition) is 0. The molecule has 0 radical (unpaired) electrons. The first-order valence-electron chi connectivity index (χ1n) is 6.70. The van der Waals surface area contributed by atoms with Crippen LogP contribution in [0.3, 0.4) is 0 Å². The third-order valence-electron chi connectivity index (χ3n) is 3.65. The maximum absolute atomic E-state index is 7.19. The highest BCUT2D eigenvalue weighted by Gasteiger charge is 2.12. The quantitative estimate of drug-likeness (QED) is 0.458. The largest absolute Gasteiger partial charge is 0.295 e. The second-order valence-corrected chi connectivity index (χ2v) is 4.86. The molecule has 2 heterocycles. The molecule has 0 saturated carbocycles. The number of fused-ring (bicyclic) bond motifs is 3. The highest BCUT2D eigenvalue weighted by molar-refractivity contribution is 6.07. The van der Waals surface area contributed by atoms with Crippen LogP contribution in [0.5, 0.6) is 0 Å². The van der Waals surface area contributed by atoms with Gasteiger partial charge >= 0.3 is 0 Å². The Morgan fingerprint density at radius 2 is 1.76 bits per heavy atom. The molecule has 0 N–H and O–H groups in total. The van der Waals surface area contributed by atoms with E-state index >= 15 is 0 Å². The minimum Gasteiger partial charge on any atom is -0.295 e. The third-order valence-corrected chi connectivity index (χ3v) is 3.65. The molecule has 0 aliphatic carbocycles. The number of hydrogen-bond acceptors (Lipinski definition) is 1. The molecule has 21 heavy (non-hydrogen) atoms. The molecular formula is C18H11N3. The van der Waals surface area contributed by atoms with Gasteiger partial charge in [0.1, 0.15) is 5.65 Å². The molecule has 3 nitrogen and oxygen atoms in total. The van der Waals surface area contributed by atoms with E-state index in [1.165, 1.54) is 5.39 Å². The van der Waals surface area contributed by atoms with Crippen LogP contribution in [0.2, 0.25) is 0 Å². The summed E-state index contributed by atoms with van der Waals surface area (Å²) >= 11 is 0. The summed E-state index contributed by atoms with van der Waals surface area (Å²) in [6.45, 7) is 7.19. The third kappa shape index (κ3) is 1.70. The van der Waals surface area contributed by atoms with Crippen molar-refractivity contribution in [2.75, 3.05) is 0 Å². The maximum Gasteiger partial charge on any atom is 0.189 e. The Kier molecular flexibility index (Phi) is 2.48. The van der Waals surface area contributed by atoms with Crippen LogP contribution in [0, 0.1) is 6.57 Å². The lowest BCUT2D eigenvalue weighted by atomic mass is 10.2. The molecule has 0 aliphatic rings. The summed E-state index contributed by atoms with van der Waals surface area (Å²) in [6.07, 6.45) is 1.80. The van der Waals surface area contributed by atoms with Crippen LogP contribution < -0.4 is 0 Å². The van der Waals surface area contributed by atoms with E-state index < -0.39 is 0 Å². The lowest BCUT2D eigenvalue weighted by Crippen LogP contribution is -1.94. The molecule has 0 atom stereocenters. The molecule has 2 aromatic heterocycles. The highest BCUT2D eigenvalue weighted by Crippen LogP contribution is 2.31. The summed E-state index contributed by atoms with van der Waals surface area (Å²) in [5, 5.41) is 2.30. The maximum atomic E-state index is 7.19. The molecule has 98 valence electrons. The number of aromatic nitrogens is 2. The lowest BCUT2D eigenvalue weighted by molar-refractivity contribution is 1.14. The molecule has 0 bridgehead atoms. The van der Waals surface area contributed by atoms with Gasteiger partial charge in [0.2, 0.25) is 0 Å². The molecule has 0 amide bonds. The van der Waals surface area contributed by atoms with Crippen LogP contribution in [-0.4, -0.2) is 9.55 Å². The van der Waals surface area contributed by atoms with Gasteiger partial charge in [-0.2, -0.15) is 0 Å². The van der Waals surface area contributed by atoms with Crippen LogP contribution in [-0.2, 0) is 0 Å². The van der Waals surface area contributed by atoms with E-state index in [0.717, 1.165) is 22.2 Å². The summed E-state index contributed by atoms with van der Waals surface area (Å²) in [5.74, 6) is 0. The molecule has 0 fully saturated rings. The van der Waals surface area contributed by atoms with Crippen LogP contribution in [0.4, 0.5) is 5.69 Å². The van der Waals surface area contributed by atoms with Gasteiger partial charge in [-0.05, 0) is 30.3 Å². The van der Waals surface area contributed by atoms with Crippen molar-refractivity contribution in [2.24, 2.45) is 0 Å². The van der Waals surface area contributed by atoms with Crippen LogP contribution in [0.25, 0.3) is 32.5 Å². The van der Waals surface area contributed by atoms with Crippen molar-refractivity contribution < 1.29 is 0 Å². The number of benzene rings is 2. The molecule has 3 heteroatoms. The predicted molar refractivity (Wildman–Crippen MR) is 84.8 cm³/mol. The van der Waals surface area contributed by atoms with E-state index in [4.69, 9.17) is 6.57 Å². The fraction of sp³-hybridized carbons (Fsp3) is 0. The van der Waals surface area contributed by atoms with Gasteiger partial charge in [0.25, 0.3) is 0 Å². The zero-order chi connectivity index (χ0) is 14.2. The van der Waals surface area contributed by atoms with Gasteiger partial charge < -0.3 is 0 Å². The Morgan fingerprint density at radius 1 is 0.905 bits per heavy atom. The van der Waals surface area contributed by atoms with Gasteiger partial charge in [0, 0.05) is 22.7 Å². The number of nitrogens with zero attached hydrogens (tertiary/aromatic N) is 3. The molecule has 0 aliphatic heterocycles. The van der Waals surface area contributed by atoms with Crippen molar-refractivity contribution in [3.05, 3.63) is 78.3 Å². The van der Waals surface area contributed by atoms with Crippen molar-refractivity contribution >= 4 is 27.6 Å². The lowest BCUT2D eigenvalue weighted by Gasteiger charge is -2.07. The zero-order valence-electron chi connectivity index (χ0n) is 11.2.